The highest BCUT2D eigenvalue weighted by Gasteiger charge is 2.13. The third-order valence-corrected chi connectivity index (χ3v) is 5.07. The Morgan fingerprint density at radius 1 is 1.08 bits per heavy atom. The molecule has 0 atom stereocenters. The van der Waals surface area contributed by atoms with Gasteiger partial charge in [-0.25, -0.2) is 15.0 Å². The SMILES string of the molecule is Cc1ncc(-c2cc3nc(-c4c(C)ccc(O)c4C)cnc3[nH]2)s1. The van der Waals surface area contributed by atoms with Crippen LogP contribution in [-0.2, 0) is 0 Å². The zero-order valence-corrected chi connectivity index (χ0v) is 14.4. The lowest BCUT2D eigenvalue weighted by Gasteiger charge is -2.10. The molecule has 0 aliphatic heterocycles. The number of aromatic hydroxyl groups is 1. The summed E-state index contributed by atoms with van der Waals surface area (Å²) >= 11 is 1.63. The molecule has 0 bridgehead atoms. The van der Waals surface area contributed by atoms with Gasteiger partial charge in [0.2, 0.25) is 0 Å². The summed E-state index contributed by atoms with van der Waals surface area (Å²) in [6, 6.07) is 5.60. The summed E-state index contributed by atoms with van der Waals surface area (Å²) in [6.45, 7) is 5.89. The Kier molecular flexibility index (Phi) is 3.35. The van der Waals surface area contributed by atoms with E-state index in [9.17, 15) is 5.11 Å². The number of aryl methyl sites for hydroxylation is 2. The molecule has 0 amide bonds. The number of phenolic OH excluding ortho intramolecular Hbond substituents is 1. The molecule has 0 saturated carbocycles. The molecule has 5 nitrogen and oxygen atoms in total. The van der Waals surface area contributed by atoms with E-state index in [-0.39, 0.29) is 5.75 Å². The smallest absolute Gasteiger partial charge is 0.156 e. The Bertz CT molecular complexity index is 1060. The largest absolute Gasteiger partial charge is 0.508 e. The van der Waals surface area contributed by atoms with E-state index >= 15 is 0 Å². The van der Waals surface area contributed by atoms with E-state index < -0.39 is 0 Å². The molecule has 0 aliphatic carbocycles. The highest BCUT2D eigenvalue weighted by atomic mass is 32.1. The van der Waals surface area contributed by atoms with E-state index in [1.807, 2.05) is 39.1 Å². The molecule has 0 spiro atoms. The van der Waals surface area contributed by atoms with Crippen LogP contribution in [0.4, 0.5) is 0 Å². The second-order valence-electron chi connectivity index (χ2n) is 5.82. The van der Waals surface area contributed by atoms with E-state index in [4.69, 9.17) is 4.98 Å². The fraction of sp³-hybridized carbons (Fsp3) is 0.167. The van der Waals surface area contributed by atoms with Crippen LogP contribution in [0.25, 0.3) is 33.0 Å². The van der Waals surface area contributed by atoms with Gasteiger partial charge in [0, 0.05) is 17.3 Å². The third kappa shape index (κ3) is 2.35. The highest BCUT2D eigenvalue weighted by Crippen LogP contribution is 2.33. The summed E-state index contributed by atoms with van der Waals surface area (Å²) in [5.74, 6) is 0.271. The van der Waals surface area contributed by atoms with Crippen molar-refractivity contribution in [2.45, 2.75) is 20.8 Å². The summed E-state index contributed by atoms with van der Waals surface area (Å²) in [5.41, 5.74) is 6.09. The zero-order chi connectivity index (χ0) is 16.8. The van der Waals surface area contributed by atoms with Gasteiger partial charge in [0.05, 0.1) is 27.5 Å². The number of benzene rings is 1. The highest BCUT2D eigenvalue weighted by molar-refractivity contribution is 7.15. The molecule has 3 heterocycles. The van der Waals surface area contributed by atoms with Gasteiger partial charge < -0.3 is 10.1 Å². The van der Waals surface area contributed by atoms with Crippen LogP contribution in [0.1, 0.15) is 16.1 Å². The van der Waals surface area contributed by atoms with Gasteiger partial charge in [0.25, 0.3) is 0 Å². The molecule has 0 unspecified atom stereocenters. The van der Waals surface area contributed by atoms with Crippen molar-refractivity contribution in [2.24, 2.45) is 0 Å². The topological polar surface area (TPSA) is 74.7 Å². The fourth-order valence-corrected chi connectivity index (χ4v) is 3.62. The van der Waals surface area contributed by atoms with E-state index in [1.54, 1.807) is 23.6 Å². The van der Waals surface area contributed by atoms with E-state index in [2.05, 4.69) is 15.0 Å². The number of nitrogens with one attached hydrogen (secondary N) is 1. The van der Waals surface area contributed by atoms with Gasteiger partial charge in [-0.3, -0.25) is 0 Å². The molecule has 3 aromatic heterocycles. The molecule has 0 aliphatic rings. The lowest BCUT2D eigenvalue weighted by molar-refractivity contribution is 0.471. The van der Waals surface area contributed by atoms with Crippen molar-refractivity contribution in [2.75, 3.05) is 0 Å². The lowest BCUT2D eigenvalue weighted by atomic mass is 9.99. The molecule has 0 fully saturated rings. The minimum atomic E-state index is 0.271. The molecule has 4 rings (SSSR count). The van der Waals surface area contributed by atoms with E-state index in [0.717, 1.165) is 49.1 Å². The summed E-state index contributed by atoms with van der Waals surface area (Å²) in [7, 11) is 0. The average Bonchev–Trinajstić information content (AvgIpc) is 3.17. The molecule has 24 heavy (non-hydrogen) atoms. The number of thiazole rings is 1. The van der Waals surface area contributed by atoms with Crippen molar-refractivity contribution in [1.82, 2.24) is 19.9 Å². The van der Waals surface area contributed by atoms with Crippen LogP contribution in [0.2, 0.25) is 0 Å². The summed E-state index contributed by atoms with van der Waals surface area (Å²) in [6.07, 6.45) is 3.60. The van der Waals surface area contributed by atoms with Crippen LogP contribution in [0.3, 0.4) is 0 Å². The molecule has 2 N–H and O–H groups in total. The quantitative estimate of drug-likeness (QED) is 0.570. The first-order valence-corrected chi connectivity index (χ1v) is 8.42. The maximum atomic E-state index is 9.99. The van der Waals surface area contributed by atoms with Gasteiger partial charge in [-0.2, -0.15) is 0 Å². The van der Waals surface area contributed by atoms with Gasteiger partial charge >= 0.3 is 0 Å². The van der Waals surface area contributed by atoms with Crippen LogP contribution in [0, 0.1) is 20.8 Å². The van der Waals surface area contributed by atoms with Crippen molar-refractivity contribution in [1.29, 1.82) is 0 Å². The number of nitrogens with zero attached hydrogens (tertiary/aromatic N) is 3. The van der Waals surface area contributed by atoms with Gasteiger partial charge in [-0.05, 0) is 38.5 Å². The minimum absolute atomic E-state index is 0.271. The van der Waals surface area contributed by atoms with Gasteiger partial charge in [0.15, 0.2) is 5.65 Å². The molecular formula is C18H16N4OS. The van der Waals surface area contributed by atoms with E-state index in [0.29, 0.717) is 0 Å². The van der Waals surface area contributed by atoms with Crippen molar-refractivity contribution < 1.29 is 5.11 Å². The summed E-state index contributed by atoms with van der Waals surface area (Å²) in [4.78, 5) is 17.9. The average molecular weight is 336 g/mol. The van der Waals surface area contributed by atoms with Crippen LogP contribution >= 0.6 is 11.3 Å². The van der Waals surface area contributed by atoms with Gasteiger partial charge in [-0.15, -0.1) is 11.3 Å². The number of H-pyrrole nitrogens is 1. The number of hydrogen-bond acceptors (Lipinski definition) is 5. The Balaban J connectivity index is 1.86. The van der Waals surface area contributed by atoms with E-state index in [1.165, 1.54) is 0 Å². The van der Waals surface area contributed by atoms with Gasteiger partial charge in [-0.1, -0.05) is 6.07 Å². The van der Waals surface area contributed by atoms with Gasteiger partial charge in [0.1, 0.15) is 11.3 Å². The number of fused-ring (bicyclic) bond motifs is 1. The fourth-order valence-electron chi connectivity index (χ4n) is 2.87. The molecule has 120 valence electrons. The number of aromatic amines is 1. The predicted molar refractivity (Wildman–Crippen MR) is 96.3 cm³/mol. The number of aromatic nitrogens is 4. The number of phenols is 1. The first kappa shape index (κ1) is 14.8. The van der Waals surface area contributed by atoms with Crippen molar-refractivity contribution >= 4 is 22.5 Å². The minimum Gasteiger partial charge on any atom is -0.508 e. The molecule has 4 aromatic rings. The van der Waals surface area contributed by atoms with Crippen molar-refractivity contribution in [3.05, 3.63) is 46.7 Å². The van der Waals surface area contributed by atoms with Crippen LogP contribution < -0.4 is 0 Å². The molecule has 1 aromatic carbocycles. The van der Waals surface area contributed by atoms with Crippen LogP contribution in [0.15, 0.2) is 30.6 Å². The first-order chi connectivity index (χ1) is 11.5. The maximum absolute atomic E-state index is 9.99. The Hall–Kier alpha value is -2.73. The third-order valence-electron chi connectivity index (χ3n) is 4.12. The van der Waals surface area contributed by atoms with Crippen LogP contribution in [-0.4, -0.2) is 25.0 Å². The standard InChI is InChI=1S/C18H16N4OS/c1-9-4-5-15(23)10(2)17(9)14-7-20-18-13(21-14)6-12(22-18)16-8-19-11(3)24-16/h4-8,23H,1-3H3,(H,20,22). The predicted octanol–water partition coefficient (Wildman–Crippen LogP) is 4.38. The van der Waals surface area contributed by atoms with Crippen molar-refractivity contribution in [3.8, 4) is 27.6 Å². The van der Waals surface area contributed by atoms with Crippen LogP contribution in [0.5, 0.6) is 5.75 Å². The summed E-state index contributed by atoms with van der Waals surface area (Å²) in [5, 5.41) is 11.0. The number of rotatable bonds is 2. The first-order valence-electron chi connectivity index (χ1n) is 7.61. The molecular weight excluding hydrogens is 320 g/mol. The second-order valence-corrected chi connectivity index (χ2v) is 7.05. The Morgan fingerprint density at radius 3 is 2.67 bits per heavy atom. The normalized spacial score (nSPS) is 11.3. The molecule has 6 heteroatoms. The summed E-state index contributed by atoms with van der Waals surface area (Å²) < 4.78 is 0. The Labute approximate surface area is 143 Å². The molecule has 0 saturated heterocycles. The second kappa shape index (κ2) is 5.42. The monoisotopic (exact) mass is 336 g/mol. The molecule has 0 radical (unpaired) electrons. The number of hydrogen-bond donors (Lipinski definition) is 2. The Morgan fingerprint density at radius 2 is 1.92 bits per heavy atom. The zero-order valence-electron chi connectivity index (χ0n) is 13.6. The maximum Gasteiger partial charge on any atom is 0.156 e. The lowest BCUT2D eigenvalue weighted by Crippen LogP contribution is -1.93. The van der Waals surface area contributed by atoms with Crippen molar-refractivity contribution in [3.63, 3.8) is 0 Å².